The van der Waals surface area contributed by atoms with E-state index in [9.17, 15) is 18.4 Å². The molecule has 0 bridgehead atoms. The number of hydrogen-bond acceptors (Lipinski definition) is 6. The topological polar surface area (TPSA) is 121 Å². The molecule has 1 aliphatic rings. The van der Waals surface area contributed by atoms with Crippen molar-refractivity contribution in [3.63, 3.8) is 0 Å². The Morgan fingerprint density at radius 2 is 1.97 bits per heavy atom. The Balaban J connectivity index is 1.87. The molecular weight excluding hydrogens is 460 g/mol. The van der Waals surface area contributed by atoms with E-state index in [4.69, 9.17) is 15.2 Å². The molecule has 2 atom stereocenters. The van der Waals surface area contributed by atoms with Crippen LogP contribution in [0.5, 0.6) is 0 Å². The molecule has 3 rings (SSSR count). The van der Waals surface area contributed by atoms with Crippen molar-refractivity contribution in [2.75, 3.05) is 32.2 Å². The Bertz CT molecular complexity index is 1040. The first kappa shape index (κ1) is 26.7. The van der Waals surface area contributed by atoms with Gasteiger partial charge in [0.1, 0.15) is 17.1 Å². The van der Waals surface area contributed by atoms with E-state index < -0.39 is 23.4 Å². The second-order valence-electron chi connectivity index (χ2n) is 9.01. The van der Waals surface area contributed by atoms with E-state index in [1.165, 1.54) is 29.9 Å². The highest BCUT2D eigenvalue weighted by Crippen LogP contribution is 2.34. The Hall–Kier alpha value is -2.92. The lowest BCUT2D eigenvalue weighted by molar-refractivity contribution is 0.0103. The Labute approximate surface area is 203 Å². The normalized spacial score (nSPS) is 18.4. The third-order valence-electron chi connectivity index (χ3n) is 6.33. The minimum absolute atomic E-state index is 0.0210. The minimum Gasteiger partial charge on any atom is -0.382 e. The highest BCUT2D eigenvalue weighted by molar-refractivity contribution is 6.04. The third kappa shape index (κ3) is 6.82. The van der Waals surface area contributed by atoms with Gasteiger partial charge in [-0.3, -0.25) is 19.3 Å². The molecule has 1 aliphatic carbocycles. The van der Waals surface area contributed by atoms with Gasteiger partial charge in [-0.2, -0.15) is 13.9 Å². The van der Waals surface area contributed by atoms with Crippen LogP contribution in [0.4, 0.5) is 14.5 Å². The van der Waals surface area contributed by atoms with Crippen LogP contribution in [0.15, 0.2) is 18.3 Å². The van der Waals surface area contributed by atoms with Gasteiger partial charge in [0.05, 0.1) is 13.2 Å². The van der Waals surface area contributed by atoms with Crippen molar-refractivity contribution < 1.29 is 27.8 Å². The van der Waals surface area contributed by atoms with Crippen LogP contribution in [0, 0.1) is 18.8 Å². The van der Waals surface area contributed by atoms with Crippen LogP contribution in [-0.4, -0.2) is 53.5 Å². The van der Waals surface area contributed by atoms with Crippen LogP contribution < -0.4 is 11.1 Å². The first-order chi connectivity index (χ1) is 16.6. The summed E-state index contributed by atoms with van der Waals surface area (Å²) in [4.78, 5) is 28.5. The van der Waals surface area contributed by atoms with Gasteiger partial charge < -0.3 is 20.5 Å². The maximum Gasteiger partial charge on any atom is 0.289 e. The molecule has 0 aliphatic heterocycles. The molecule has 2 heterocycles. The number of pyridine rings is 1. The average molecular weight is 494 g/mol. The maximum absolute atomic E-state index is 14.3. The van der Waals surface area contributed by atoms with Crippen molar-refractivity contribution >= 4 is 17.5 Å². The van der Waals surface area contributed by atoms with Gasteiger partial charge in [-0.25, -0.2) is 0 Å². The fraction of sp³-hybridized carbons (Fsp3) is 0.583. The van der Waals surface area contributed by atoms with Gasteiger partial charge in [-0.15, -0.1) is 0 Å². The lowest BCUT2D eigenvalue weighted by Gasteiger charge is -2.31. The molecule has 9 nitrogen and oxygen atoms in total. The molecule has 1 fully saturated rings. The van der Waals surface area contributed by atoms with Crippen LogP contribution in [0.3, 0.4) is 0 Å². The predicted molar refractivity (Wildman–Crippen MR) is 125 cm³/mol. The Kier molecular flexibility index (Phi) is 8.90. The quantitative estimate of drug-likeness (QED) is 0.462. The number of ether oxygens (including phenoxy) is 2. The van der Waals surface area contributed by atoms with Crippen LogP contribution in [0.25, 0.3) is 0 Å². The predicted octanol–water partition coefficient (Wildman–Crippen LogP) is 3.52. The SMILES string of the molecule is COCCOCC1CCCCC1Cn1nc(C(C)(F)F)c(C)c1C(=O)Nc1ccnc(C(N)=O)c1. The number of nitrogens with one attached hydrogen (secondary N) is 1. The number of carbonyl (C=O) groups is 2. The summed E-state index contributed by atoms with van der Waals surface area (Å²) in [5, 5.41) is 6.85. The number of halogens is 2. The van der Waals surface area contributed by atoms with Crippen molar-refractivity contribution in [1.29, 1.82) is 0 Å². The monoisotopic (exact) mass is 493 g/mol. The van der Waals surface area contributed by atoms with Gasteiger partial charge in [-0.1, -0.05) is 12.8 Å². The molecule has 11 heteroatoms. The van der Waals surface area contributed by atoms with E-state index in [1.54, 1.807) is 7.11 Å². The van der Waals surface area contributed by atoms with Crippen LogP contribution in [0.1, 0.15) is 64.8 Å². The first-order valence-corrected chi connectivity index (χ1v) is 11.7. The largest absolute Gasteiger partial charge is 0.382 e. The first-order valence-electron chi connectivity index (χ1n) is 11.7. The standard InChI is InChI=1S/C24H33F2N5O4/c1-15-20(23(33)29-18-8-9-28-19(12-18)22(27)32)31(30-21(15)24(2,25)26)13-16-6-4-5-7-17(16)14-35-11-10-34-3/h8-9,12,16-17H,4-7,10-11,13-14H2,1-3H3,(H2,27,32)(H,28,29,33). The molecule has 1 saturated carbocycles. The van der Waals surface area contributed by atoms with Crippen molar-refractivity contribution in [2.24, 2.45) is 17.6 Å². The molecule has 35 heavy (non-hydrogen) atoms. The molecule has 2 amide bonds. The number of aromatic nitrogens is 3. The lowest BCUT2D eigenvalue weighted by Crippen LogP contribution is -2.30. The number of hydrogen-bond donors (Lipinski definition) is 2. The van der Waals surface area contributed by atoms with Crippen molar-refractivity contribution in [3.05, 3.63) is 41.0 Å². The zero-order valence-corrected chi connectivity index (χ0v) is 20.4. The summed E-state index contributed by atoms with van der Waals surface area (Å²) in [7, 11) is 1.61. The van der Waals surface area contributed by atoms with Crippen LogP contribution >= 0.6 is 0 Å². The summed E-state index contributed by atoms with van der Waals surface area (Å²) in [6.45, 7) is 4.09. The van der Waals surface area contributed by atoms with Gasteiger partial charge >= 0.3 is 0 Å². The molecule has 0 saturated heterocycles. The smallest absolute Gasteiger partial charge is 0.289 e. The second kappa shape index (κ2) is 11.7. The van der Waals surface area contributed by atoms with Crippen LogP contribution in [0.2, 0.25) is 0 Å². The Morgan fingerprint density at radius 3 is 2.63 bits per heavy atom. The van der Waals surface area contributed by atoms with Gasteiger partial charge in [0.25, 0.3) is 17.7 Å². The lowest BCUT2D eigenvalue weighted by atomic mass is 9.79. The van der Waals surface area contributed by atoms with E-state index in [0.717, 1.165) is 32.6 Å². The highest BCUT2D eigenvalue weighted by Gasteiger charge is 2.36. The molecule has 0 aromatic carbocycles. The second-order valence-corrected chi connectivity index (χ2v) is 9.01. The molecule has 0 spiro atoms. The number of primary amides is 1. The number of nitrogens with two attached hydrogens (primary N) is 1. The maximum atomic E-state index is 14.3. The summed E-state index contributed by atoms with van der Waals surface area (Å²) in [6.07, 6.45) is 5.28. The van der Waals surface area contributed by atoms with Gasteiger partial charge in [0, 0.05) is 44.6 Å². The van der Waals surface area contributed by atoms with Crippen molar-refractivity contribution in [2.45, 2.75) is 52.0 Å². The van der Waals surface area contributed by atoms with E-state index in [1.807, 2.05) is 0 Å². The van der Waals surface area contributed by atoms with E-state index in [-0.39, 0.29) is 34.5 Å². The number of anilines is 1. The fourth-order valence-electron chi connectivity index (χ4n) is 4.56. The number of amides is 2. The van der Waals surface area contributed by atoms with Crippen molar-refractivity contribution in [1.82, 2.24) is 14.8 Å². The van der Waals surface area contributed by atoms with E-state index in [2.05, 4.69) is 15.4 Å². The summed E-state index contributed by atoms with van der Waals surface area (Å²) >= 11 is 0. The molecule has 192 valence electrons. The molecule has 2 aromatic rings. The molecular formula is C24H33F2N5O4. The summed E-state index contributed by atoms with van der Waals surface area (Å²) in [5.74, 6) is -4.21. The zero-order chi connectivity index (χ0) is 25.6. The van der Waals surface area contributed by atoms with Crippen LogP contribution in [-0.2, 0) is 21.9 Å². The Morgan fingerprint density at radius 1 is 1.26 bits per heavy atom. The molecule has 2 unspecified atom stereocenters. The van der Waals surface area contributed by atoms with Gasteiger partial charge in [0.15, 0.2) is 0 Å². The van der Waals surface area contributed by atoms with Gasteiger partial charge in [0.2, 0.25) is 0 Å². The zero-order valence-electron chi connectivity index (χ0n) is 20.4. The van der Waals surface area contributed by atoms with Gasteiger partial charge in [-0.05, 0) is 43.7 Å². The summed E-state index contributed by atoms with van der Waals surface area (Å²) < 4.78 is 40.8. The van der Waals surface area contributed by atoms with E-state index in [0.29, 0.717) is 26.4 Å². The summed E-state index contributed by atoms with van der Waals surface area (Å²) in [6, 6.07) is 2.82. The highest BCUT2D eigenvalue weighted by atomic mass is 19.3. The molecule has 2 aromatic heterocycles. The van der Waals surface area contributed by atoms with Crippen molar-refractivity contribution in [3.8, 4) is 0 Å². The van der Waals surface area contributed by atoms with E-state index >= 15 is 0 Å². The fourth-order valence-corrected chi connectivity index (χ4v) is 4.56. The number of rotatable bonds is 11. The minimum atomic E-state index is -3.21. The number of alkyl halides is 2. The summed E-state index contributed by atoms with van der Waals surface area (Å²) in [5.41, 5.74) is 5.26. The molecule has 0 radical (unpaired) electrons. The number of methoxy groups -OCH3 is 1. The number of nitrogens with zero attached hydrogens (tertiary/aromatic N) is 3. The molecule has 3 N–H and O–H groups in total. The third-order valence-corrected chi connectivity index (χ3v) is 6.33. The average Bonchev–Trinajstić information content (AvgIpc) is 3.14. The number of carbonyl (C=O) groups excluding carboxylic acids is 2.